The molecule has 1 rings (SSSR count). The van der Waals surface area contributed by atoms with Gasteiger partial charge < -0.3 is 10.6 Å². The highest BCUT2D eigenvalue weighted by molar-refractivity contribution is 6.39. The number of nitrogens with two attached hydrogens (primary N) is 1. The Morgan fingerprint density at radius 3 is 3.27 bits per heavy atom. The van der Waals surface area contributed by atoms with Crippen molar-refractivity contribution >= 4 is 11.6 Å². The van der Waals surface area contributed by atoms with E-state index in [4.69, 9.17) is 10.6 Å². The van der Waals surface area contributed by atoms with Gasteiger partial charge in [-0.3, -0.25) is 4.79 Å². The molecule has 60 valence electrons. The summed E-state index contributed by atoms with van der Waals surface area (Å²) < 4.78 is 0. The van der Waals surface area contributed by atoms with Crippen molar-refractivity contribution in [2.24, 2.45) is 16.8 Å². The van der Waals surface area contributed by atoms with Gasteiger partial charge in [0.15, 0.2) is 5.71 Å². The first-order chi connectivity index (χ1) is 5.25. The van der Waals surface area contributed by atoms with Crippen LogP contribution in [0.25, 0.3) is 0 Å². The maximum absolute atomic E-state index is 10.7. The van der Waals surface area contributed by atoms with Crippen LogP contribution in [0.15, 0.2) is 17.8 Å². The van der Waals surface area contributed by atoms with E-state index < -0.39 is 5.91 Å². The molecule has 1 heterocycles. The van der Waals surface area contributed by atoms with E-state index in [-0.39, 0.29) is 5.92 Å². The molecule has 4 nitrogen and oxygen atoms in total. The molecule has 0 fully saturated rings. The Morgan fingerprint density at radius 1 is 2.00 bits per heavy atom. The van der Waals surface area contributed by atoms with Gasteiger partial charge >= 0.3 is 0 Å². The molecule has 1 aliphatic heterocycles. The number of primary amides is 1. The quantitative estimate of drug-likeness (QED) is 0.584. The van der Waals surface area contributed by atoms with Crippen LogP contribution in [0.3, 0.4) is 0 Å². The third-order valence-corrected chi connectivity index (χ3v) is 1.53. The molecule has 0 bridgehead atoms. The van der Waals surface area contributed by atoms with Crippen LogP contribution in [0, 0.1) is 5.92 Å². The molecular formula is C7H10N2O2. The van der Waals surface area contributed by atoms with Crippen molar-refractivity contribution in [3.05, 3.63) is 12.7 Å². The summed E-state index contributed by atoms with van der Waals surface area (Å²) in [6, 6.07) is 0. The van der Waals surface area contributed by atoms with Gasteiger partial charge in [-0.25, -0.2) is 0 Å². The zero-order valence-electron chi connectivity index (χ0n) is 6.12. The van der Waals surface area contributed by atoms with Crippen LogP contribution < -0.4 is 5.73 Å². The van der Waals surface area contributed by atoms with Crippen LogP contribution in [0.5, 0.6) is 0 Å². The molecule has 0 saturated heterocycles. The van der Waals surface area contributed by atoms with E-state index in [1.54, 1.807) is 6.08 Å². The Bertz CT molecular complexity index is 210. The summed E-state index contributed by atoms with van der Waals surface area (Å²) in [5.74, 6) is -0.501. The molecule has 0 aromatic carbocycles. The SMILES string of the molecule is C=CCC1CON=C1C(N)=O. The highest BCUT2D eigenvalue weighted by atomic mass is 16.6. The van der Waals surface area contributed by atoms with Crippen molar-refractivity contribution in [3.8, 4) is 0 Å². The molecule has 1 unspecified atom stereocenters. The molecule has 11 heavy (non-hydrogen) atoms. The molecule has 0 aliphatic carbocycles. The van der Waals surface area contributed by atoms with Crippen molar-refractivity contribution in [1.29, 1.82) is 0 Å². The predicted octanol–water partition coefficient (Wildman–Crippen LogP) is 0.0502. The molecule has 1 aliphatic rings. The van der Waals surface area contributed by atoms with Crippen LogP contribution in [0.2, 0.25) is 0 Å². The number of hydrogen-bond acceptors (Lipinski definition) is 3. The number of allylic oxidation sites excluding steroid dienone is 1. The topological polar surface area (TPSA) is 64.7 Å². The van der Waals surface area contributed by atoms with E-state index in [2.05, 4.69) is 11.7 Å². The van der Waals surface area contributed by atoms with Gasteiger partial charge in [-0.2, -0.15) is 0 Å². The fourth-order valence-corrected chi connectivity index (χ4v) is 0.977. The third-order valence-electron chi connectivity index (χ3n) is 1.53. The molecule has 4 heteroatoms. The summed E-state index contributed by atoms with van der Waals surface area (Å²) >= 11 is 0. The minimum absolute atomic E-state index is 0.00463. The molecule has 0 saturated carbocycles. The molecule has 0 aromatic rings. The smallest absolute Gasteiger partial charge is 0.266 e. The van der Waals surface area contributed by atoms with E-state index in [0.29, 0.717) is 18.7 Å². The van der Waals surface area contributed by atoms with Crippen molar-refractivity contribution in [2.75, 3.05) is 6.61 Å². The Morgan fingerprint density at radius 2 is 2.73 bits per heavy atom. The lowest BCUT2D eigenvalue weighted by Gasteiger charge is -2.02. The minimum atomic E-state index is -0.505. The Kier molecular flexibility index (Phi) is 2.25. The Balaban J connectivity index is 2.62. The zero-order valence-corrected chi connectivity index (χ0v) is 6.12. The number of carbonyl (C=O) groups is 1. The fraction of sp³-hybridized carbons (Fsp3) is 0.429. The third kappa shape index (κ3) is 1.58. The van der Waals surface area contributed by atoms with Gasteiger partial charge in [0.2, 0.25) is 0 Å². The molecule has 0 radical (unpaired) electrons. The van der Waals surface area contributed by atoms with E-state index in [0.717, 1.165) is 0 Å². The van der Waals surface area contributed by atoms with Crippen molar-refractivity contribution in [2.45, 2.75) is 6.42 Å². The average molecular weight is 154 g/mol. The van der Waals surface area contributed by atoms with Crippen molar-refractivity contribution < 1.29 is 9.63 Å². The van der Waals surface area contributed by atoms with Crippen LogP contribution in [0.1, 0.15) is 6.42 Å². The van der Waals surface area contributed by atoms with E-state index in [9.17, 15) is 4.79 Å². The summed E-state index contributed by atoms with van der Waals surface area (Å²) in [5, 5.41) is 3.53. The number of rotatable bonds is 3. The number of oxime groups is 1. The highest BCUT2D eigenvalue weighted by Gasteiger charge is 2.25. The summed E-state index contributed by atoms with van der Waals surface area (Å²) in [5.41, 5.74) is 5.36. The van der Waals surface area contributed by atoms with Gasteiger partial charge in [0, 0.05) is 0 Å². The van der Waals surface area contributed by atoms with Gasteiger partial charge in [0.1, 0.15) is 6.61 Å². The summed E-state index contributed by atoms with van der Waals surface area (Å²) in [6.07, 6.45) is 2.40. The molecular weight excluding hydrogens is 144 g/mol. The van der Waals surface area contributed by atoms with E-state index >= 15 is 0 Å². The normalized spacial score (nSPS) is 22.2. The summed E-state index contributed by atoms with van der Waals surface area (Å²) in [4.78, 5) is 15.4. The van der Waals surface area contributed by atoms with E-state index in [1.807, 2.05) is 0 Å². The minimum Gasteiger partial charge on any atom is -0.395 e. The second-order valence-corrected chi connectivity index (χ2v) is 2.36. The van der Waals surface area contributed by atoms with Crippen LogP contribution in [-0.2, 0) is 9.63 Å². The lowest BCUT2D eigenvalue weighted by Crippen LogP contribution is -2.28. The molecule has 2 N–H and O–H groups in total. The number of carbonyl (C=O) groups excluding carboxylic acids is 1. The zero-order chi connectivity index (χ0) is 8.27. The van der Waals surface area contributed by atoms with E-state index in [1.165, 1.54) is 0 Å². The van der Waals surface area contributed by atoms with Crippen molar-refractivity contribution in [1.82, 2.24) is 0 Å². The van der Waals surface area contributed by atoms with Gasteiger partial charge in [0.05, 0.1) is 5.92 Å². The molecule has 1 amide bonds. The van der Waals surface area contributed by atoms with Gasteiger partial charge in [0.25, 0.3) is 5.91 Å². The van der Waals surface area contributed by atoms with Gasteiger partial charge in [-0.1, -0.05) is 11.2 Å². The first-order valence-electron chi connectivity index (χ1n) is 3.36. The number of nitrogens with zero attached hydrogens (tertiary/aromatic N) is 1. The summed E-state index contributed by atoms with van der Waals surface area (Å²) in [7, 11) is 0. The first kappa shape index (κ1) is 7.78. The second-order valence-electron chi connectivity index (χ2n) is 2.36. The Labute approximate surface area is 64.7 Å². The van der Waals surface area contributed by atoms with Crippen LogP contribution in [-0.4, -0.2) is 18.2 Å². The fourth-order valence-electron chi connectivity index (χ4n) is 0.977. The maximum atomic E-state index is 10.7. The average Bonchev–Trinajstić information content (AvgIpc) is 2.36. The monoisotopic (exact) mass is 154 g/mol. The van der Waals surface area contributed by atoms with Crippen LogP contribution >= 0.6 is 0 Å². The molecule has 0 aromatic heterocycles. The standard InChI is InChI=1S/C7H10N2O2/c1-2-3-5-4-11-9-6(5)7(8)10/h2,5H,1,3-4H2,(H2,8,10). The molecule has 0 spiro atoms. The maximum Gasteiger partial charge on any atom is 0.266 e. The molecule has 1 atom stereocenters. The largest absolute Gasteiger partial charge is 0.395 e. The van der Waals surface area contributed by atoms with Gasteiger partial charge in [-0.05, 0) is 6.42 Å². The first-order valence-corrected chi connectivity index (χ1v) is 3.36. The number of hydrogen-bond donors (Lipinski definition) is 1. The highest BCUT2D eigenvalue weighted by Crippen LogP contribution is 2.13. The Hall–Kier alpha value is -1.32. The second kappa shape index (κ2) is 3.18. The lowest BCUT2D eigenvalue weighted by molar-refractivity contribution is -0.112. The van der Waals surface area contributed by atoms with Crippen molar-refractivity contribution in [3.63, 3.8) is 0 Å². The number of amides is 1. The van der Waals surface area contributed by atoms with Gasteiger partial charge in [-0.15, -0.1) is 6.58 Å². The summed E-state index contributed by atoms with van der Waals surface area (Å²) in [6.45, 7) is 3.99. The lowest BCUT2D eigenvalue weighted by atomic mass is 10.0. The predicted molar refractivity (Wildman–Crippen MR) is 40.9 cm³/mol. The van der Waals surface area contributed by atoms with Crippen LogP contribution in [0.4, 0.5) is 0 Å².